The fourth-order valence-corrected chi connectivity index (χ4v) is 2.83. The zero-order valence-corrected chi connectivity index (χ0v) is 12.2. The Morgan fingerprint density at radius 2 is 2.40 bits per heavy atom. The zero-order valence-electron chi connectivity index (χ0n) is 18.8. The number of guanidine groups is 1. The van der Waals surface area contributed by atoms with Crippen molar-refractivity contribution in [1.82, 2.24) is 4.98 Å². The average molecular weight is 347 g/mol. The van der Waals surface area contributed by atoms with E-state index in [1.54, 1.807) is 0 Å². The highest BCUT2D eigenvalue weighted by molar-refractivity contribution is 7.98. The molecule has 1 aromatic heterocycles. The van der Waals surface area contributed by atoms with Gasteiger partial charge in [0.15, 0.2) is 14.4 Å². The molecular formula is C8H15N7O2S3. The van der Waals surface area contributed by atoms with Crippen molar-refractivity contribution in [3.63, 3.8) is 0 Å². The van der Waals surface area contributed by atoms with Gasteiger partial charge in [0.2, 0.25) is 5.13 Å². The molecule has 0 aliphatic rings. The molecule has 1 rings (SSSR count). The zero-order chi connectivity index (χ0) is 22.4. The molecule has 0 aromatic carbocycles. The maximum atomic E-state index is 11.4. The molecular weight excluding hydrogens is 322 g/mol. The van der Waals surface area contributed by atoms with Crippen LogP contribution in [0.4, 0.5) is 5.13 Å². The number of thioether (sulfide) groups is 1. The summed E-state index contributed by atoms with van der Waals surface area (Å²) in [6.07, 6.45) is -0.142. The van der Waals surface area contributed by atoms with Gasteiger partial charge < -0.3 is 17.2 Å². The number of hydrogen-bond donors (Lipinski definition) is 4. The van der Waals surface area contributed by atoms with E-state index in [9.17, 15) is 8.42 Å². The van der Waals surface area contributed by atoms with Crippen molar-refractivity contribution in [2.75, 3.05) is 5.75 Å². The lowest BCUT2D eigenvalue weighted by molar-refractivity contribution is 0.599. The third kappa shape index (κ3) is 7.28. The maximum Gasteiger partial charge on any atom is 0.318 e. The minimum absolute atomic E-state index is 0.0248. The molecule has 0 fully saturated rings. The van der Waals surface area contributed by atoms with Gasteiger partial charge in [0.1, 0.15) is 8.66 Å². The van der Waals surface area contributed by atoms with Crippen LogP contribution < -0.4 is 22.3 Å². The van der Waals surface area contributed by atoms with Gasteiger partial charge in [-0.25, -0.2) is 10.1 Å². The molecule has 0 atom stereocenters. The topological polar surface area (TPSA) is 176 Å². The van der Waals surface area contributed by atoms with Crippen LogP contribution in [0.3, 0.4) is 0 Å². The highest BCUT2D eigenvalue weighted by Crippen LogP contribution is 2.21. The Hall–Kier alpha value is -1.37. The van der Waals surface area contributed by atoms with Crippen molar-refractivity contribution in [3.8, 4) is 0 Å². The van der Waals surface area contributed by atoms with E-state index in [0.717, 1.165) is 11.3 Å². The van der Waals surface area contributed by atoms with Crippen LogP contribution in [-0.2, 0) is 16.0 Å². The normalized spacial score (nSPS) is 18.2. The van der Waals surface area contributed by atoms with Crippen LogP contribution in [0.5, 0.6) is 0 Å². The molecule has 9 nitrogen and oxygen atoms in total. The van der Waals surface area contributed by atoms with E-state index in [4.69, 9.17) is 12.7 Å². The molecule has 20 heavy (non-hydrogen) atoms. The molecule has 0 unspecified atom stereocenters. The number of aromatic nitrogens is 1. The van der Waals surface area contributed by atoms with Gasteiger partial charge in [-0.05, 0) is 0 Å². The van der Waals surface area contributed by atoms with E-state index in [1.807, 2.05) is 0 Å². The first-order valence-corrected chi connectivity index (χ1v) is 8.30. The lowest BCUT2D eigenvalue weighted by atomic mass is 10.5. The Balaban J connectivity index is 2.77. The summed E-state index contributed by atoms with van der Waals surface area (Å²) < 4.78 is 89.8. The van der Waals surface area contributed by atoms with Gasteiger partial charge in [-0.2, -0.15) is 25.2 Å². The second-order valence-electron chi connectivity index (χ2n) is 3.21. The summed E-state index contributed by atoms with van der Waals surface area (Å²) in [7, 11) is -4.62. The molecule has 0 bridgehead atoms. The number of rotatable bonds is 8. The number of nitrogens with zero attached hydrogens (tertiary/aromatic N) is 3. The van der Waals surface area contributed by atoms with Crippen molar-refractivity contribution in [2.24, 2.45) is 31.7 Å². The third-order valence-electron chi connectivity index (χ3n) is 1.62. The molecule has 8 N–H and O–H groups in total. The molecule has 0 spiro atoms. The highest BCUT2D eigenvalue weighted by Gasteiger charge is 2.04. The molecule has 1 aromatic rings. The van der Waals surface area contributed by atoms with Crippen molar-refractivity contribution >= 4 is 50.2 Å². The summed E-state index contributed by atoms with van der Waals surface area (Å²) in [5, 5.41) is -0.639. The molecule has 0 saturated carbocycles. The van der Waals surface area contributed by atoms with E-state index in [-0.39, 0.29) is 51.3 Å². The van der Waals surface area contributed by atoms with Crippen LogP contribution >= 0.6 is 23.1 Å². The van der Waals surface area contributed by atoms with Crippen molar-refractivity contribution < 1.29 is 21.1 Å². The van der Waals surface area contributed by atoms with E-state index < -0.39 is 27.1 Å². The van der Waals surface area contributed by atoms with E-state index >= 15 is 0 Å². The number of aliphatic imine (C=N–C) groups is 1. The third-order valence-corrected chi connectivity index (χ3v) is 3.73. The van der Waals surface area contributed by atoms with Crippen LogP contribution in [0, 0.1) is 0 Å². The van der Waals surface area contributed by atoms with Crippen LogP contribution in [-0.4, -0.2) is 30.9 Å². The molecule has 12 heteroatoms. The number of amidine groups is 1. The lowest BCUT2D eigenvalue weighted by Crippen LogP contribution is -2.21. The summed E-state index contributed by atoms with van der Waals surface area (Å²) in [5.74, 6) is -0.794. The van der Waals surface area contributed by atoms with Gasteiger partial charge in [-0.15, -0.1) is 15.7 Å². The summed E-state index contributed by atoms with van der Waals surface area (Å²) in [6.45, 7) is 0. The maximum absolute atomic E-state index is 11.4. The van der Waals surface area contributed by atoms with E-state index in [0.29, 0.717) is 0 Å². The van der Waals surface area contributed by atoms with Crippen LogP contribution in [0.15, 0.2) is 14.7 Å². The fraction of sp³-hybridized carbons (Fsp3) is 0.375. The van der Waals surface area contributed by atoms with Gasteiger partial charge in [-0.3, -0.25) is 0 Å². The first-order chi connectivity index (χ1) is 13.3. The SMILES string of the molecule is [2H]c1sc(N=C(N([2H])[2H])N([2H])[2H])nc1CSCC/C(=N/S(=O)(=O)N([2H])[2H])N([2H])[2H]. The highest BCUT2D eigenvalue weighted by atomic mass is 32.2. The Morgan fingerprint density at radius 3 is 3.10 bits per heavy atom. The van der Waals surface area contributed by atoms with Crippen LogP contribution in [0.25, 0.3) is 0 Å². The van der Waals surface area contributed by atoms with Crippen LogP contribution in [0.1, 0.15) is 13.5 Å². The fourth-order valence-electron chi connectivity index (χ4n) is 0.972. The standard InChI is InChI=1S/C8H15N7O2S3/c9-6(15-20(12,16)17)1-2-18-3-5-4-19-8(13-5)14-7(10)11/h4H,1-3H2,(H2,9,15)(H2,12,16,17)(H4,10,11,13,14)/i4D/hD8. The summed E-state index contributed by atoms with van der Waals surface area (Å²) in [4.78, 5) is 7.71. The van der Waals surface area contributed by atoms with Gasteiger partial charge in [0.25, 0.3) is 0 Å². The predicted molar refractivity (Wildman–Crippen MR) is 83.1 cm³/mol. The molecule has 112 valence electrons. The Morgan fingerprint density at radius 1 is 1.55 bits per heavy atom. The summed E-state index contributed by atoms with van der Waals surface area (Å²) in [5.41, 5.74) is 0.160. The first kappa shape index (κ1) is 7.59. The second-order valence-corrected chi connectivity index (χ2v) is 6.17. The van der Waals surface area contributed by atoms with Crippen molar-refractivity contribution in [2.45, 2.75) is 12.2 Å². The van der Waals surface area contributed by atoms with E-state index in [2.05, 4.69) is 14.4 Å². The van der Waals surface area contributed by atoms with Crippen LogP contribution in [0.2, 0.25) is 11.3 Å². The predicted octanol–water partition coefficient (Wildman–Crippen LogP) is -0.768. The van der Waals surface area contributed by atoms with E-state index in [1.165, 1.54) is 11.8 Å². The first-order valence-electron chi connectivity index (χ1n) is 9.01. The summed E-state index contributed by atoms with van der Waals surface area (Å²) >= 11 is 1.98. The molecule has 0 aliphatic carbocycles. The Bertz CT molecular complexity index is 835. The lowest BCUT2D eigenvalue weighted by Gasteiger charge is -1.99. The summed E-state index contributed by atoms with van der Waals surface area (Å²) in [6, 6.07) is 0. The minimum Gasteiger partial charge on any atom is -0.386 e. The molecule has 1 heterocycles. The molecule has 0 amide bonds. The smallest absolute Gasteiger partial charge is 0.318 e. The average Bonchev–Trinajstić information content (AvgIpc) is 2.94. The van der Waals surface area contributed by atoms with Crippen molar-refractivity contribution in [3.05, 3.63) is 11.1 Å². The second kappa shape index (κ2) is 7.42. The number of hydrogen-bond acceptors (Lipinski definition) is 6. The molecule has 0 aliphatic heterocycles. The van der Waals surface area contributed by atoms with Gasteiger partial charge in [0.05, 0.1) is 7.06 Å². The minimum atomic E-state index is -4.62. The largest absolute Gasteiger partial charge is 0.386 e. The molecule has 0 saturated heterocycles. The Kier molecular flexibility index (Phi) is 2.81. The monoisotopic (exact) mass is 346 g/mol. The van der Waals surface area contributed by atoms with Gasteiger partial charge in [0, 0.05) is 23.3 Å². The molecule has 0 radical (unpaired) electrons. The number of nitrogens with two attached hydrogens (primary N) is 4. The van der Waals surface area contributed by atoms with Gasteiger partial charge >= 0.3 is 10.2 Å². The van der Waals surface area contributed by atoms with Crippen molar-refractivity contribution in [1.29, 1.82) is 0 Å². The van der Waals surface area contributed by atoms with Gasteiger partial charge in [-0.1, -0.05) is 0 Å². The Labute approximate surface area is 137 Å². The number of thiazole rings is 1. The quantitative estimate of drug-likeness (QED) is 0.271.